The average molecular weight is 247 g/mol. The summed E-state index contributed by atoms with van der Waals surface area (Å²) in [6, 6.07) is 0. The summed E-state index contributed by atoms with van der Waals surface area (Å²) < 4.78 is 14.2. The largest absolute Gasteiger partial charge is 0.469 e. The van der Waals surface area contributed by atoms with E-state index < -0.39 is 32.0 Å². The van der Waals surface area contributed by atoms with Crippen molar-refractivity contribution in [1.29, 1.82) is 0 Å². The van der Waals surface area contributed by atoms with E-state index in [0.717, 1.165) is 0 Å². The zero-order valence-corrected chi connectivity index (χ0v) is 9.01. The van der Waals surface area contributed by atoms with Crippen molar-refractivity contribution < 1.29 is 29.1 Å². The van der Waals surface area contributed by atoms with Gasteiger partial charge in [0.15, 0.2) is 0 Å². The smallest absolute Gasteiger partial charge is 0.390 e. The Balaban J connectivity index is 3.84. The van der Waals surface area contributed by atoms with E-state index in [2.05, 4.69) is 17.2 Å². The number of thiol groups is 1. The number of phosphoric acid groups is 1. The molecular weight excluding hydrogens is 233 g/mol. The van der Waals surface area contributed by atoms with Gasteiger partial charge in [0.25, 0.3) is 0 Å². The summed E-state index contributed by atoms with van der Waals surface area (Å²) in [7, 11) is -4.61. The number of hydrogen-bond acceptors (Lipinski definition) is 6. The SMILES string of the molecule is N[C@@H](S)C[C@H](O)[C@H](O)COP(=O)(O)O. The maximum absolute atomic E-state index is 10.2. The standard InChI is InChI=1S/C5H14NO6PS/c6-5(14)1-3(7)4(8)2-12-13(9,10)11/h3-5,7-8,14H,1-2,6H2,(H2,9,10,11)/t3-,4+,5-/m0/s1. The zero-order chi connectivity index (χ0) is 11.4. The number of nitrogens with two attached hydrogens (primary N) is 1. The summed E-state index contributed by atoms with van der Waals surface area (Å²) in [5, 5.41) is 17.7. The molecule has 86 valence electrons. The average Bonchev–Trinajstić information content (AvgIpc) is 1.97. The molecule has 0 spiro atoms. The van der Waals surface area contributed by atoms with Gasteiger partial charge in [0.2, 0.25) is 0 Å². The Bertz CT molecular complexity index is 208. The molecule has 0 aliphatic carbocycles. The molecule has 0 aliphatic rings. The molecule has 0 heterocycles. The third-order valence-corrected chi connectivity index (χ3v) is 2.04. The fraction of sp³-hybridized carbons (Fsp3) is 1.00. The Morgan fingerprint density at radius 1 is 1.36 bits per heavy atom. The highest BCUT2D eigenvalue weighted by atomic mass is 32.1. The summed E-state index contributed by atoms with van der Waals surface area (Å²) in [5.41, 5.74) is 5.21. The van der Waals surface area contributed by atoms with Crippen molar-refractivity contribution in [3.05, 3.63) is 0 Å². The summed E-state index contributed by atoms with van der Waals surface area (Å²) in [6.45, 7) is -0.661. The minimum absolute atomic E-state index is 0.00516. The Hall–Kier alpha value is 0.340. The van der Waals surface area contributed by atoms with E-state index in [-0.39, 0.29) is 6.42 Å². The molecule has 0 aromatic rings. The Morgan fingerprint density at radius 2 is 1.86 bits per heavy atom. The van der Waals surface area contributed by atoms with Gasteiger partial charge in [-0.2, -0.15) is 12.6 Å². The number of aliphatic hydroxyl groups excluding tert-OH is 2. The first kappa shape index (κ1) is 14.3. The maximum atomic E-state index is 10.2. The summed E-state index contributed by atoms with van der Waals surface area (Å²) in [4.78, 5) is 16.6. The molecule has 14 heavy (non-hydrogen) atoms. The molecule has 0 radical (unpaired) electrons. The molecule has 0 aromatic heterocycles. The number of phosphoric ester groups is 1. The van der Waals surface area contributed by atoms with Gasteiger partial charge in [0.05, 0.1) is 18.1 Å². The van der Waals surface area contributed by atoms with E-state index in [1.807, 2.05) is 0 Å². The molecular formula is C5H14NO6PS. The van der Waals surface area contributed by atoms with Gasteiger partial charge < -0.3 is 25.7 Å². The maximum Gasteiger partial charge on any atom is 0.469 e. The van der Waals surface area contributed by atoms with Crippen LogP contribution in [0.1, 0.15) is 6.42 Å². The topological polar surface area (TPSA) is 133 Å². The van der Waals surface area contributed by atoms with Gasteiger partial charge in [-0.1, -0.05) is 0 Å². The predicted octanol–water partition coefficient (Wildman–Crippen LogP) is -1.58. The Labute approximate surface area is 86.5 Å². The Morgan fingerprint density at radius 3 is 2.21 bits per heavy atom. The van der Waals surface area contributed by atoms with E-state index in [9.17, 15) is 9.67 Å². The highest BCUT2D eigenvalue weighted by Gasteiger charge is 2.22. The normalized spacial score (nSPS) is 19.0. The van der Waals surface area contributed by atoms with Crippen LogP contribution in [-0.2, 0) is 9.09 Å². The molecule has 0 unspecified atom stereocenters. The number of hydrogen-bond donors (Lipinski definition) is 6. The molecule has 7 nitrogen and oxygen atoms in total. The first-order chi connectivity index (χ1) is 6.22. The quantitative estimate of drug-likeness (QED) is 0.189. The van der Waals surface area contributed by atoms with Crippen LogP contribution in [0.15, 0.2) is 0 Å². The highest BCUT2D eigenvalue weighted by molar-refractivity contribution is 7.80. The van der Waals surface area contributed by atoms with Crippen molar-refractivity contribution in [2.75, 3.05) is 6.61 Å². The molecule has 0 fully saturated rings. The monoisotopic (exact) mass is 247 g/mol. The zero-order valence-electron chi connectivity index (χ0n) is 7.22. The van der Waals surface area contributed by atoms with Crippen LogP contribution >= 0.6 is 20.5 Å². The van der Waals surface area contributed by atoms with Crippen LogP contribution in [0.2, 0.25) is 0 Å². The second-order valence-electron chi connectivity index (χ2n) is 2.72. The predicted molar refractivity (Wildman–Crippen MR) is 51.6 cm³/mol. The molecule has 0 aliphatic heterocycles. The lowest BCUT2D eigenvalue weighted by Gasteiger charge is -2.18. The molecule has 0 saturated carbocycles. The molecule has 0 bridgehead atoms. The van der Waals surface area contributed by atoms with Crippen molar-refractivity contribution in [3.8, 4) is 0 Å². The fourth-order valence-electron chi connectivity index (χ4n) is 0.689. The van der Waals surface area contributed by atoms with Gasteiger partial charge in [-0.15, -0.1) is 0 Å². The lowest BCUT2D eigenvalue weighted by atomic mass is 10.1. The van der Waals surface area contributed by atoms with Crippen LogP contribution in [0.25, 0.3) is 0 Å². The minimum Gasteiger partial charge on any atom is -0.390 e. The molecule has 0 rings (SSSR count). The second kappa shape index (κ2) is 6.04. The van der Waals surface area contributed by atoms with E-state index in [0.29, 0.717) is 0 Å². The third-order valence-electron chi connectivity index (χ3n) is 1.34. The molecule has 9 heteroatoms. The van der Waals surface area contributed by atoms with E-state index >= 15 is 0 Å². The van der Waals surface area contributed by atoms with Gasteiger partial charge in [-0.3, -0.25) is 4.52 Å². The number of rotatable bonds is 6. The van der Waals surface area contributed by atoms with Gasteiger partial charge in [-0.25, -0.2) is 4.57 Å². The van der Waals surface area contributed by atoms with E-state index in [1.54, 1.807) is 0 Å². The van der Waals surface area contributed by atoms with Gasteiger partial charge >= 0.3 is 7.82 Å². The van der Waals surface area contributed by atoms with E-state index in [4.69, 9.17) is 20.6 Å². The number of aliphatic hydroxyl groups is 2. The van der Waals surface area contributed by atoms with Gasteiger partial charge in [-0.05, 0) is 0 Å². The molecule has 0 saturated heterocycles. The van der Waals surface area contributed by atoms with Crippen LogP contribution in [0, 0.1) is 0 Å². The summed E-state index contributed by atoms with van der Waals surface area (Å²) in [6.07, 6.45) is -2.63. The van der Waals surface area contributed by atoms with Crippen molar-refractivity contribution in [2.45, 2.75) is 24.0 Å². The lowest BCUT2D eigenvalue weighted by molar-refractivity contribution is -0.0170. The first-order valence-electron chi connectivity index (χ1n) is 3.72. The van der Waals surface area contributed by atoms with Crippen LogP contribution in [-0.4, -0.2) is 44.2 Å². The lowest BCUT2D eigenvalue weighted by Crippen LogP contribution is -2.34. The van der Waals surface area contributed by atoms with Crippen LogP contribution < -0.4 is 5.73 Å². The second-order valence-corrected chi connectivity index (χ2v) is 4.63. The molecule has 3 atom stereocenters. The van der Waals surface area contributed by atoms with Crippen molar-refractivity contribution in [3.63, 3.8) is 0 Å². The van der Waals surface area contributed by atoms with Crippen LogP contribution in [0.3, 0.4) is 0 Å². The minimum atomic E-state index is -4.61. The first-order valence-corrected chi connectivity index (χ1v) is 5.77. The van der Waals surface area contributed by atoms with Crippen molar-refractivity contribution >= 4 is 20.5 Å². The summed E-state index contributed by atoms with van der Waals surface area (Å²) in [5.74, 6) is 0. The van der Waals surface area contributed by atoms with Crippen LogP contribution in [0.4, 0.5) is 0 Å². The highest BCUT2D eigenvalue weighted by Crippen LogP contribution is 2.35. The van der Waals surface area contributed by atoms with Crippen LogP contribution in [0.5, 0.6) is 0 Å². The summed E-state index contributed by atoms with van der Waals surface area (Å²) >= 11 is 3.77. The Kier molecular flexibility index (Phi) is 6.19. The molecule has 0 amide bonds. The van der Waals surface area contributed by atoms with E-state index in [1.165, 1.54) is 0 Å². The third kappa shape index (κ3) is 7.72. The fourth-order valence-corrected chi connectivity index (χ4v) is 1.25. The van der Waals surface area contributed by atoms with Crippen molar-refractivity contribution in [1.82, 2.24) is 0 Å². The molecule has 6 N–H and O–H groups in total. The molecule has 0 aromatic carbocycles. The van der Waals surface area contributed by atoms with Crippen molar-refractivity contribution in [2.24, 2.45) is 5.73 Å². The van der Waals surface area contributed by atoms with Gasteiger partial charge in [0, 0.05) is 6.42 Å². The van der Waals surface area contributed by atoms with Gasteiger partial charge in [0.1, 0.15) is 6.10 Å².